The SMILES string of the molecule is CC(C)Oc1cccc(NC(=O)CN(c2cc(Cl)cc(Cl)c2)S(C)(=O)=O)c1. The van der Waals surface area contributed by atoms with E-state index >= 15 is 0 Å². The highest BCUT2D eigenvalue weighted by Crippen LogP contribution is 2.27. The lowest BCUT2D eigenvalue weighted by Gasteiger charge is -2.22. The van der Waals surface area contributed by atoms with Gasteiger partial charge < -0.3 is 10.1 Å². The number of anilines is 2. The predicted molar refractivity (Wildman–Crippen MR) is 109 cm³/mol. The van der Waals surface area contributed by atoms with Crippen molar-refractivity contribution in [3.05, 3.63) is 52.5 Å². The first-order chi connectivity index (χ1) is 12.5. The zero-order chi connectivity index (χ0) is 20.2. The van der Waals surface area contributed by atoms with E-state index in [1.807, 2.05) is 13.8 Å². The molecular formula is C18H20Cl2N2O4S. The molecule has 0 fully saturated rings. The van der Waals surface area contributed by atoms with Crippen LogP contribution in [0.2, 0.25) is 10.0 Å². The second-order valence-corrected chi connectivity index (χ2v) is 8.92. The van der Waals surface area contributed by atoms with Crippen molar-refractivity contribution in [2.45, 2.75) is 20.0 Å². The van der Waals surface area contributed by atoms with Gasteiger partial charge in [0.2, 0.25) is 15.9 Å². The molecule has 0 unspecified atom stereocenters. The molecule has 0 aliphatic heterocycles. The number of halogens is 2. The van der Waals surface area contributed by atoms with Gasteiger partial charge in [0, 0.05) is 21.8 Å². The lowest BCUT2D eigenvalue weighted by atomic mass is 10.3. The monoisotopic (exact) mass is 430 g/mol. The minimum absolute atomic E-state index is 0.00995. The summed E-state index contributed by atoms with van der Waals surface area (Å²) in [6.45, 7) is 3.36. The van der Waals surface area contributed by atoms with Gasteiger partial charge in [-0.15, -0.1) is 0 Å². The molecule has 2 aromatic rings. The molecule has 0 aliphatic rings. The minimum atomic E-state index is -3.73. The van der Waals surface area contributed by atoms with Crippen molar-refractivity contribution in [2.24, 2.45) is 0 Å². The van der Waals surface area contributed by atoms with E-state index in [0.29, 0.717) is 11.4 Å². The molecule has 6 nitrogen and oxygen atoms in total. The zero-order valence-corrected chi connectivity index (χ0v) is 17.4. The van der Waals surface area contributed by atoms with Crippen molar-refractivity contribution >= 4 is 50.5 Å². The summed E-state index contributed by atoms with van der Waals surface area (Å²) in [5.41, 5.74) is 0.706. The quantitative estimate of drug-likeness (QED) is 0.714. The molecule has 0 saturated carbocycles. The van der Waals surface area contributed by atoms with Crippen LogP contribution in [0.5, 0.6) is 5.75 Å². The highest BCUT2D eigenvalue weighted by atomic mass is 35.5. The number of rotatable bonds is 7. The van der Waals surface area contributed by atoms with E-state index in [0.717, 1.165) is 10.6 Å². The van der Waals surface area contributed by atoms with E-state index in [1.165, 1.54) is 18.2 Å². The Morgan fingerprint density at radius 2 is 1.78 bits per heavy atom. The van der Waals surface area contributed by atoms with Gasteiger partial charge in [0.1, 0.15) is 12.3 Å². The van der Waals surface area contributed by atoms with Crippen molar-refractivity contribution < 1.29 is 17.9 Å². The number of nitrogens with one attached hydrogen (secondary N) is 1. The van der Waals surface area contributed by atoms with Gasteiger partial charge in [-0.25, -0.2) is 8.42 Å². The summed E-state index contributed by atoms with van der Waals surface area (Å²) in [6.07, 6.45) is 0.996. The van der Waals surface area contributed by atoms with Gasteiger partial charge >= 0.3 is 0 Å². The Balaban J connectivity index is 2.20. The maximum Gasteiger partial charge on any atom is 0.245 e. The molecule has 2 aromatic carbocycles. The number of amides is 1. The molecule has 1 amide bonds. The number of sulfonamides is 1. The summed E-state index contributed by atoms with van der Waals surface area (Å²) in [6, 6.07) is 11.2. The number of hydrogen-bond acceptors (Lipinski definition) is 4. The number of carbonyl (C=O) groups is 1. The van der Waals surface area contributed by atoms with Gasteiger partial charge in [-0.1, -0.05) is 29.3 Å². The predicted octanol–water partition coefficient (Wildman–Crippen LogP) is 4.19. The van der Waals surface area contributed by atoms with E-state index < -0.39 is 22.5 Å². The van der Waals surface area contributed by atoms with Gasteiger partial charge in [0.15, 0.2) is 0 Å². The molecule has 0 saturated heterocycles. The maximum atomic E-state index is 12.4. The topological polar surface area (TPSA) is 75.7 Å². The summed E-state index contributed by atoms with van der Waals surface area (Å²) in [5, 5.41) is 3.20. The minimum Gasteiger partial charge on any atom is -0.491 e. The van der Waals surface area contributed by atoms with E-state index in [4.69, 9.17) is 27.9 Å². The third-order valence-corrected chi connectivity index (χ3v) is 4.89. The van der Waals surface area contributed by atoms with Crippen LogP contribution in [0.25, 0.3) is 0 Å². The number of benzene rings is 2. The first-order valence-corrected chi connectivity index (χ1v) is 10.7. The van der Waals surface area contributed by atoms with Gasteiger partial charge in [-0.05, 0) is 44.2 Å². The third kappa shape index (κ3) is 6.61. The smallest absolute Gasteiger partial charge is 0.245 e. The van der Waals surface area contributed by atoms with Crippen molar-refractivity contribution in [1.82, 2.24) is 0 Å². The highest BCUT2D eigenvalue weighted by Gasteiger charge is 2.22. The van der Waals surface area contributed by atoms with Gasteiger partial charge in [0.25, 0.3) is 0 Å². The molecule has 0 bridgehead atoms. The van der Waals surface area contributed by atoms with Crippen molar-refractivity contribution in [3.8, 4) is 5.75 Å². The van der Waals surface area contributed by atoms with E-state index in [2.05, 4.69) is 5.32 Å². The maximum absolute atomic E-state index is 12.4. The first-order valence-electron chi connectivity index (χ1n) is 8.05. The average Bonchev–Trinajstić information content (AvgIpc) is 2.50. The Kier molecular flexibility index (Phi) is 6.97. The fourth-order valence-electron chi connectivity index (χ4n) is 2.33. The summed E-state index contributed by atoms with van der Waals surface area (Å²) >= 11 is 11.9. The number of nitrogens with zero attached hydrogens (tertiary/aromatic N) is 1. The summed E-state index contributed by atoms with van der Waals surface area (Å²) in [5.74, 6) is 0.0858. The van der Waals surface area contributed by atoms with E-state index in [1.54, 1.807) is 24.3 Å². The van der Waals surface area contributed by atoms with Gasteiger partial charge in [0.05, 0.1) is 18.0 Å². The van der Waals surface area contributed by atoms with Crippen LogP contribution >= 0.6 is 23.2 Å². The van der Waals surface area contributed by atoms with Gasteiger partial charge in [-0.2, -0.15) is 0 Å². The Hall–Kier alpha value is -1.96. The normalized spacial score (nSPS) is 11.3. The van der Waals surface area contributed by atoms with E-state index in [-0.39, 0.29) is 21.8 Å². The lowest BCUT2D eigenvalue weighted by Crippen LogP contribution is -2.37. The molecule has 0 spiro atoms. The van der Waals surface area contributed by atoms with Crippen LogP contribution in [0.3, 0.4) is 0 Å². The van der Waals surface area contributed by atoms with Crippen LogP contribution in [-0.4, -0.2) is 33.2 Å². The summed E-state index contributed by atoms with van der Waals surface area (Å²) < 4.78 is 30.8. The second-order valence-electron chi connectivity index (χ2n) is 6.14. The summed E-state index contributed by atoms with van der Waals surface area (Å²) in [4.78, 5) is 12.4. The molecule has 146 valence electrons. The van der Waals surface area contributed by atoms with E-state index in [9.17, 15) is 13.2 Å². The Bertz CT molecular complexity index is 912. The molecular weight excluding hydrogens is 411 g/mol. The molecule has 1 N–H and O–H groups in total. The van der Waals surface area contributed by atoms with Crippen molar-refractivity contribution in [1.29, 1.82) is 0 Å². The molecule has 0 aliphatic carbocycles. The van der Waals surface area contributed by atoms with Crippen LogP contribution < -0.4 is 14.4 Å². The largest absolute Gasteiger partial charge is 0.491 e. The first kappa shape index (κ1) is 21.3. The molecule has 0 atom stereocenters. The third-order valence-electron chi connectivity index (χ3n) is 3.31. The number of hydrogen-bond donors (Lipinski definition) is 1. The summed E-state index contributed by atoms with van der Waals surface area (Å²) in [7, 11) is -3.73. The highest BCUT2D eigenvalue weighted by molar-refractivity contribution is 7.92. The fraction of sp³-hybridized carbons (Fsp3) is 0.278. The molecule has 0 radical (unpaired) electrons. The zero-order valence-electron chi connectivity index (χ0n) is 15.1. The standard InChI is InChI=1S/C18H20Cl2N2O4S/c1-12(2)26-17-6-4-5-15(10-17)21-18(23)11-22(27(3,24)25)16-8-13(19)7-14(20)9-16/h4-10,12H,11H2,1-3H3,(H,21,23). The fourth-order valence-corrected chi connectivity index (χ4v) is 3.69. The second kappa shape index (κ2) is 8.82. The molecule has 9 heteroatoms. The van der Waals surface area contributed by atoms with Crippen molar-refractivity contribution in [2.75, 3.05) is 22.4 Å². The van der Waals surface area contributed by atoms with Crippen LogP contribution in [0.1, 0.15) is 13.8 Å². The Morgan fingerprint density at radius 3 is 2.33 bits per heavy atom. The Morgan fingerprint density at radius 1 is 1.15 bits per heavy atom. The van der Waals surface area contributed by atoms with Crippen molar-refractivity contribution in [3.63, 3.8) is 0 Å². The molecule has 0 heterocycles. The van der Waals surface area contributed by atoms with Crippen LogP contribution in [0, 0.1) is 0 Å². The molecule has 27 heavy (non-hydrogen) atoms. The number of ether oxygens (including phenoxy) is 1. The average molecular weight is 431 g/mol. The Labute approximate surface area is 169 Å². The lowest BCUT2D eigenvalue weighted by molar-refractivity contribution is -0.114. The van der Waals surface area contributed by atoms with Crippen LogP contribution in [0.15, 0.2) is 42.5 Å². The molecule has 0 aromatic heterocycles. The van der Waals surface area contributed by atoms with Crippen LogP contribution in [0.4, 0.5) is 11.4 Å². The number of carbonyl (C=O) groups excluding carboxylic acids is 1. The molecule has 2 rings (SSSR count). The van der Waals surface area contributed by atoms with Crippen LogP contribution in [-0.2, 0) is 14.8 Å². The van der Waals surface area contributed by atoms with Gasteiger partial charge in [-0.3, -0.25) is 9.10 Å².